The van der Waals surface area contributed by atoms with E-state index in [0.717, 1.165) is 43.2 Å². The van der Waals surface area contributed by atoms with Crippen molar-refractivity contribution in [3.05, 3.63) is 77.4 Å². The Hall–Kier alpha value is -2.68. The lowest BCUT2D eigenvalue weighted by Crippen LogP contribution is -2.58. The highest BCUT2D eigenvalue weighted by atomic mass is 16.5. The molecular formula is C34H40O3. The van der Waals surface area contributed by atoms with Gasteiger partial charge >= 0.3 is 5.97 Å². The van der Waals surface area contributed by atoms with Crippen molar-refractivity contribution in [2.75, 3.05) is 0 Å². The third-order valence-electron chi connectivity index (χ3n) is 11.1. The van der Waals surface area contributed by atoms with E-state index in [2.05, 4.69) is 44.2 Å². The molecule has 3 fully saturated rings. The van der Waals surface area contributed by atoms with Crippen molar-refractivity contribution in [3.8, 4) is 0 Å². The van der Waals surface area contributed by atoms with Crippen LogP contribution in [0, 0.1) is 34.5 Å². The first-order valence-electron chi connectivity index (χ1n) is 14.4. The van der Waals surface area contributed by atoms with Gasteiger partial charge in [0.15, 0.2) is 5.78 Å². The maximum absolute atomic E-state index is 14.2. The Labute approximate surface area is 221 Å². The molecule has 194 valence electrons. The molecule has 0 amide bonds. The number of ketones is 1. The summed E-state index contributed by atoms with van der Waals surface area (Å²) in [5.74, 6) is 2.23. The SMILES string of the molecule is CC(=O)OC1CCCC2CCC3C4CC(c5ccccc5)=C(C(=O)c5ccccc5)C4(C)CCC3C21C. The van der Waals surface area contributed by atoms with Crippen molar-refractivity contribution in [1.82, 2.24) is 0 Å². The molecule has 3 saturated carbocycles. The molecule has 6 rings (SSSR count). The second-order valence-corrected chi connectivity index (χ2v) is 12.6. The monoisotopic (exact) mass is 496 g/mol. The quantitative estimate of drug-likeness (QED) is 0.319. The van der Waals surface area contributed by atoms with Crippen LogP contribution in [0.5, 0.6) is 0 Å². The van der Waals surface area contributed by atoms with Crippen LogP contribution in [0.25, 0.3) is 5.57 Å². The maximum Gasteiger partial charge on any atom is 0.302 e. The lowest BCUT2D eigenvalue weighted by atomic mass is 9.44. The highest BCUT2D eigenvalue weighted by Gasteiger charge is 2.62. The largest absolute Gasteiger partial charge is 0.462 e. The highest BCUT2D eigenvalue weighted by molar-refractivity contribution is 6.15. The minimum atomic E-state index is -0.140. The number of hydrogen-bond acceptors (Lipinski definition) is 3. The van der Waals surface area contributed by atoms with E-state index >= 15 is 0 Å². The van der Waals surface area contributed by atoms with Gasteiger partial charge in [-0.1, -0.05) is 74.5 Å². The second kappa shape index (κ2) is 9.26. The number of fused-ring (bicyclic) bond motifs is 5. The first kappa shape index (κ1) is 24.6. The van der Waals surface area contributed by atoms with Crippen molar-refractivity contribution in [2.45, 2.75) is 78.2 Å². The van der Waals surface area contributed by atoms with Crippen molar-refractivity contribution < 1.29 is 14.3 Å². The summed E-state index contributed by atoms with van der Waals surface area (Å²) < 4.78 is 6.05. The molecule has 3 nitrogen and oxygen atoms in total. The molecule has 4 aliphatic carbocycles. The Bertz CT molecular complexity index is 1210. The Kier molecular flexibility index (Phi) is 6.17. The Morgan fingerprint density at radius 1 is 0.838 bits per heavy atom. The van der Waals surface area contributed by atoms with Crippen LogP contribution in [0.2, 0.25) is 0 Å². The smallest absolute Gasteiger partial charge is 0.302 e. The average molecular weight is 497 g/mol. The summed E-state index contributed by atoms with van der Waals surface area (Å²) in [5, 5.41) is 0. The summed E-state index contributed by atoms with van der Waals surface area (Å²) in [6, 6.07) is 20.5. The fourth-order valence-electron chi connectivity index (χ4n) is 9.38. The van der Waals surface area contributed by atoms with Crippen LogP contribution < -0.4 is 0 Å². The lowest BCUT2D eigenvalue weighted by molar-refractivity contribution is -0.187. The lowest BCUT2D eigenvalue weighted by Gasteiger charge is -2.61. The van der Waals surface area contributed by atoms with Gasteiger partial charge in [0.1, 0.15) is 6.10 Å². The van der Waals surface area contributed by atoms with E-state index in [9.17, 15) is 9.59 Å². The average Bonchev–Trinajstić information content (AvgIpc) is 3.22. The Balaban J connectivity index is 1.41. The van der Waals surface area contributed by atoms with Gasteiger partial charge in [-0.3, -0.25) is 9.59 Å². The first-order valence-corrected chi connectivity index (χ1v) is 14.4. The maximum atomic E-state index is 14.2. The molecule has 0 aliphatic heterocycles. The molecule has 7 atom stereocenters. The van der Waals surface area contributed by atoms with Gasteiger partial charge in [0.05, 0.1) is 0 Å². The van der Waals surface area contributed by atoms with Crippen LogP contribution in [-0.4, -0.2) is 17.9 Å². The van der Waals surface area contributed by atoms with Crippen LogP contribution in [-0.2, 0) is 9.53 Å². The number of carbonyl (C=O) groups is 2. The molecule has 3 heteroatoms. The standard InChI is InChI=1S/C34H40O3/c1-22(35)37-30-16-10-15-25-17-18-26-28(34(25,30)3)19-20-33(2)29(26)21-27(23-11-6-4-7-12-23)31(33)32(36)24-13-8-5-9-14-24/h4-9,11-14,25-26,28-30H,10,15-21H2,1-3H3. The summed E-state index contributed by atoms with van der Waals surface area (Å²) in [4.78, 5) is 26.3. The van der Waals surface area contributed by atoms with Gasteiger partial charge < -0.3 is 4.74 Å². The van der Waals surface area contributed by atoms with Crippen molar-refractivity contribution >= 4 is 17.3 Å². The van der Waals surface area contributed by atoms with E-state index in [1.165, 1.54) is 30.4 Å². The van der Waals surface area contributed by atoms with Gasteiger partial charge in [-0.15, -0.1) is 0 Å². The third kappa shape index (κ3) is 3.83. The molecule has 0 spiro atoms. The molecule has 7 unspecified atom stereocenters. The van der Waals surface area contributed by atoms with Gasteiger partial charge in [-0.25, -0.2) is 0 Å². The van der Waals surface area contributed by atoms with E-state index in [0.29, 0.717) is 23.7 Å². The molecule has 0 heterocycles. The van der Waals surface area contributed by atoms with E-state index in [1.807, 2.05) is 30.3 Å². The predicted molar refractivity (Wildman–Crippen MR) is 147 cm³/mol. The van der Waals surface area contributed by atoms with Crippen LogP contribution >= 0.6 is 0 Å². The molecule has 37 heavy (non-hydrogen) atoms. The van der Waals surface area contributed by atoms with Gasteiger partial charge in [0, 0.05) is 28.9 Å². The van der Waals surface area contributed by atoms with Crippen LogP contribution in [0.3, 0.4) is 0 Å². The fraction of sp³-hybridized carbons (Fsp3) is 0.529. The fourth-order valence-corrected chi connectivity index (χ4v) is 9.38. The zero-order valence-electron chi connectivity index (χ0n) is 22.5. The summed E-state index contributed by atoms with van der Waals surface area (Å²) in [6.07, 6.45) is 8.97. The number of ether oxygens (including phenoxy) is 1. The summed E-state index contributed by atoms with van der Waals surface area (Å²) in [7, 11) is 0. The van der Waals surface area contributed by atoms with Crippen molar-refractivity contribution in [3.63, 3.8) is 0 Å². The zero-order valence-corrected chi connectivity index (χ0v) is 22.5. The minimum absolute atomic E-state index is 0.0225. The second-order valence-electron chi connectivity index (χ2n) is 12.6. The molecule has 0 radical (unpaired) electrons. The van der Waals surface area contributed by atoms with Crippen LogP contribution in [0.4, 0.5) is 0 Å². The minimum Gasteiger partial charge on any atom is -0.462 e. The zero-order chi connectivity index (χ0) is 25.8. The van der Waals surface area contributed by atoms with Crippen molar-refractivity contribution in [2.24, 2.45) is 34.5 Å². The van der Waals surface area contributed by atoms with E-state index in [4.69, 9.17) is 4.74 Å². The molecule has 0 bridgehead atoms. The topological polar surface area (TPSA) is 43.4 Å². The number of allylic oxidation sites excluding steroid dienone is 2. The van der Waals surface area contributed by atoms with Crippen molar-refractivity contribution in [1.29, 1.82) is 0 Å². The number of carbonyl (C=O) groups excluding carboxylic acids is 2. The van der Waals surface area contributed by atoms with Gasteiger partial charge in [0.25, 0.3) is 0 Å². The number of rotatable bonds is 4. The third-order valence-corrected chi connectivity index (χ3v) is 11.1. The molecule has 0 aromatic heterocycles. The number of hydrogen-bond donors (Lipinski definition) is 0. The van der Waals surface area contributed by atoms with Crippen LogP contribution in [0.15, 0.2) is 66.2 Å². The summed E-state index contributed by atoms with van der Waals surface area (Å²) >= 11 is 0. The predicted octanol–water partition coefficient (Wildman–Crippen LogP) is 7.91. The summed E-state index contributed by atoms with van der Waals surface area (Å²) in [5.41, 5.74) is 4.22. The molecule has 2 aromatic carbocycles. The van der Waals surface area contributed by atoms with Gasteiger partial charge in [-0.05, 0) is 86.2 Å². The number of esters is 1. The number of benzene rings is 2. The normalized spacial score (nSPS) is 36.8. The van der Waals surface area contributed by atoms with E-state index < -0.39 is 0 Å². The molecule has 0 saturated heterocycles. The van der Waals surface area contributed by atoms with Gasteiger partial charge in [-0.2, -0.15) is 0 Å². The molecule has 2 aromatic rings. The van der Waals surface area contributed by atoms with E-state index in [-0.39, 0.29) is 28.7 Å². The van der Waals surface area contributed by atoms with Crippen LogP contribution in [0.1, 0.15) is 88.1 Å². The number of Topliss-reactive ketones (excluding diaryl/α,β-unsaturated/α-hetero) is 1. The first-order chi connectivity index (χ1) is 17.8. The highest BCUT2D eigenvalue weighted by Crippen LogP contribution is 2.68. The van der Waals surface area contributed by atoms with Gasteiger partial charge in [0.2, 0.25) is 0 Å². The Morgan fingerprint density at radius 2 is 1.54 bits per heavy atom. The Morgan fingerprint density at radius 3 is 2.24 bits per heavy atom. The summed E-state index contributed by atoms with van der Waals surface area (Å²) in [6.45, 7) is 6.40. The molecule has 0 N–H and O–H groups in total. The molecule has 4 aliphatic rings. The van der Waals surface area contributed by atoms with E-state index in [1.54, 1.807) is 6.92 Å². The molecular weight excluding hydrogens is 456 g/mol.